The van der Waals surface area contributed by atoms with E-state index in [1.54, 1.807) is 18.2 Å². The zero-order chi connectivity index (χ0) is 8.27. The van der Waals surface area contributed by atoms with Gasteiger partial charge in [-0.25, -0.2) is 0 Å². The van der Waals surface area contributed by atoms with Crippen LogP contribution in [0.2, 0.25) is 10.0 Å². The fourth-order valence-corrected chi connectivity index (χ4v) is 1.26. The fraction of sp³-hybridized carbons (Fsp3) is 0.250. The SMILES string of the molecule is OCCc1cc(Cl)ccc1Cl. The van der Waals surface area contributed by atoms with Gasteiger partial charge in [0.2, 0.25) is 0 Å². The number of hydrogen-bond donors (Lipinski definition) is 1. The van der Waals surface area contributed by atoms with Crippen LogP contribution in [0, 0.1) is 0 Å². The average Bonchev–Trinajstić information content (AvgIpc) is 1.98. The molecule has 0 spiro atoms. The number of aliphatic hydroxyl groups is 1. The molecule has 1 rings (SSSR count). The first-order valence-electron chi connectivity index (χ1n) is 3.29. The van der Waals surface area contributed by atoms with Gasteiger partial charge in [0, 0.05) is 16.7 Å². The summed E-state index contributed by atoms with van der Waals surface area (Å²) in [5, 5.41) is 9.94. The standard InChI is InChI=1S/C8H8Cl2O/c9-7-1-2-8(10)6(5-7)3-4-11/h1-2,5,11H,3-4H2. The maximum atomic E-state index is 8.63. The highest BCUT2D eigenvalue weighted by Gasteiger charge is 1.99. The molecule has 0 unspecified atom stereocenters. The highest BCUT2D eigenvalue weighted by atomic mass is 35.5. The molecule has 0 aliphatic rings. The van der Waals surface area contributed by atoms with Crippen LogP contribution in [0.1, 0.15) is 5.56 Å². The molecule has 0 aliphatic heterocycles. The lowest BCUT2D eigenvalue weighted by Crippen LogP contribution is -1.90. The van der Waals surface area contributed by atoms with E-state index in [1.165, 1.54) is 0 Å². The largest absolute Gasteiger partial charge is 0.396 e. The Balaban J connectivity index is 2.93. The van der Waals surface area contributed by atoms with Gasteiger partial charge in [0.05, 0.1) is 0 Å². The molecule has 0 amide bonds. The van der Waals surface area contributed by atoms with Crippen LogP contribution in [-0.2, 0) is 6.42 Å². The normalized spacial score (nSPS) is 10.1. The molecule has 0 bridgehead atoms. The first kappa shape index (κ1) is 8.85. The van der Waals surface area contributed by atoms with Crippen LogP contribution in [0.4, 0.5) is 0 Å². The lowest BCUT2D eigenvalue weighted by molar-refractivity contribution is 0.299. The lowest BCUT2D eigenvalue weighted by atomic mass is 10.2. The first-order chi connectivity index (χ1) is 5.24. The summed E-state index contributed by atoms with van der Waals surface area (Å²) in [6.07, 6.45) is 0.555. The summed E-state index contributed by atoms with van der Waals surface area (Å²) in [6.45, 7) is 0.0973. The average molecular weight is 191 g/mol. The maximum Gasteiger partial charge on any atom is 0.0471 e. The molecule has 0 atom stereocenters. The third-order valence-corrected chi connectivity index (χ3v) is 1.99. The summed E-state index contributed by atoms with van der Waals surface area (Å²) < 4.78 is 0. The van der Waals surface area contributed by atoms with E-state index in [4.69, 9.17) is 28.3 Å². The van der Waals surface area contributed by atoms with Gasteiger partial charge in [-0.2, -0.15) is 0 Å². The van der Waals surface area contributed by atoms with Crippen LogP contribution in [0.25, 0.3) is 0 Å². The van der Waals surface area contributed by atoms with E-state index >= 15 is 0 Å². The van der Waals surface area contributed by atoms with Gasteiger partial charge in [0.15, 0.2) is 0 Å². The quantitative estimate of drug-likeness (QED) is 0.761. The molecule has 0 heterocycles. The minimum absolute atomic E-state index is 0.0973. The highest BCUT2D eigenvalue weighted by Crippen LogP contribution is 2.20. The number of halogens is 2. The van der Waals surface area contributed by atoms with Crippen molar-refractivity contribution in [2.45, 2.75) is 6.42 Å². The lowest BCUT2D eigenvalue weighted by Gasteiger charge is -2.01. The van der Waals surface area contributed by atoms with Gasteiger partial charge in [-0.05, 0) is 30.2 Å². The van der Waals surface area contributed by atoms with Crippen molar-refractivity contribution in [3.8, 4) is 0 Å². The Morgan fingerprint density at radius 3 is 2.64 bits per heavy atom. The molecule has 3 heteroatoms. The van der Waals surface area contributed by atoms with E-state index in [0.29, 0.717) is 16.5 Å². The molecular weight excluding hydrogens is 183 g/mol. The number of benzene rings is 1. The summed E-state index contributed by atoms with van der Waals surface area (Å²) in [6, 6.07) is 5.22. The minimum Gasteiger partial charge on any atom is -0.396 e. The van der Waals surface area contributed by atoms with Crippen LogP contribution < -0.4 is 0 Å². The van der Waals surface area contributed by atoms with Gasteiger partial charge in [-0.1, -0.05) is 23.2 Å². The second kappa shape index (κ2) is 3.96. The molecule has 0 fully saturated rings. The molecule has 1 aromatic rings. The van der Waals surface area contributed by atoms with Gasteiger partial charge in [-0.15, -0.1) is 0 Å². The van der Waals surface area contributed by atoms with Gasteiger partial charge in [-0.3, -0.25) is 0 Å². The summed E-state index contributed by atoms with van der Waals surface area (Å²) in [5.41, 5.74) is 0.890. The van der Waals surface area contributed by atoms with Gasteiger partial charge in [0.1, 0.15) is 0 Å². The fourth-order valence-electron chi connectivity index (χ4n) is 0.855. The van der Waals surface area contributed by atoms with Gasteiger partial charge >= 0.3 is 0 Å². The second-order valence-electron chi connectivity index (χ2n) is 2.21. The molecule has 60 valence electrons. The summed E-state index contributed by atoms with van der Waals surface area (Å²) in [4.78, 5) is 0. The molecule has 0 aromatic heterocycles. The Labute approximate surface area is 75.6 Å². The monoisotopic (exact) mass is 190 g/mol. The zero-order valence-corrected chi connectivity index (χ0v) is 7.36. The Hall–Kier alpha value is -0.240. The summed E-state index contributed by atoms with van der Waals surface area (Å²) >= 11 is 11.5. The molecule has 11 heavy (non-hydrogen) atoms. The van der Waals surface area contributed by atoms with Crippen LogP contribution in [0.5, 0.6) is 0 Å². The predicted octanol–water partition coefficient (Wildman–Crippen LogP) is 2.53. The van der Waals surface area contributed by atoms with Crippen molar-refractivity contribution in [2.24, 2.45) is 0 Å². The van der Waals surface area contributed by atoms with Crippen molar-refractivity contribution in [1.29, 1.82) is 0 Å². The number of rotatable bonds is 2. The van der Waals surface area contributed by atoms with E-state index < -0.39 is 0 Å². The molecule has 1 nitrogen and oxygen atoms in total. The predicted molar refractivity (Wildman–Crippen MR) is 47.3 cm³/mol. The number of aliphatic hydroxyl groups excluding tert-OH is 1. The molecule has 1 N–H and O–H groups in total. The third-order valence-electron chi connectivity index (χ3n) is 1.39. The Morgan fingerprint density at radius 2 is 2.00 bits per heavy atom. The van der Waals surface area contributed by atoms with Crippen molar-refractivity contribution in [2.75, 3.05) is 6.61 Å². The van der Waals surface area contributed by atoms with E-state index in [1.807, 2.05) is 0 Å². The topological polar surface area (TPSA) is 20.2 Å². The van der Waals surface area contributed by atoms with Crippen molar-refractivity contribution in [3.63, 3.8) is 0 Å². The van der Waals surface area contributed by atoms with Crippen LogP contribution in [-0.4, -0.2) is 11.7 Å². The van der Waals surface area contributed by atoms with Crippen LogP contribution >= 0.6 is 23.2 Å². The van der Waals surface area contributed by atoms with E-state index in [-0.39, 0.29) is 6.61 Å². The first-order valence-corrected chi connectivity index (χ1v) is 4.04. The zero-order valence-electron chi connectivity index (χ0n) is 5.85. The van der Waals surface area contributed by atoms with Crippen LogP contribution in [0.3, 0.4) is 0 Å². The third kappa shape index (κ3) is 2.37. The summed E-state index contributed by atoms with van der Waals surface area (Å²) in [7, 11) is 0. The van der Waals surface area contributed by atoms with Crippen molar-refractivity contribution < 1.29 is 5.11 Å². The van der Waals surface area contributed by atoms with E-state index in [0.717, 1.165) is 5.56 Å². The van der Waals surface area contributed by atoms with Crippen molar-refractivity contribution >= 4 is 23.2 Å². The summed E-state index contributed by atoms with van der Waals surface area (Å²) in [5.74, 6) is 0. The van der Waals surface area contributed by atoms with E-state index in [2.05, 4.69) is 0 Å². The minimum atomic E-state index is 0.0973. The van der Waals surface area contributed by atoms with Crippen molar-refractivity contribution in [1.82, 2.24) is 0 Å². The van der Waals surface area contributed by atoms with Gasteiger partial charge < -0.3 is 5.11 Å². The van der Waals surface area contributed by atoms with Crippen molar-refractivity contribution in [3.05, 3.63) is 33.8 Å². The Bertz CT molecular complexity index is 248. The van der Waals surface area contributed by atoms with Gasteiger partial charge in [0.25, 0.3) is 0 Å². The number of hydrogen-bond acceptors (Lipinski definition) is 1. The second-order valence-corrected chi connectivity index (χ2v) is 3.05. The molecule has 0 saturated heterocycles. The van der Waals surface area contributed by atoms with E-state index in [9.17, 15) is 0 Å². The molecule has 0 saturated carbocycles. The molecular formula is C8H8Cl2O. The highest BCUT2D eigenvalue weighted by molar-refractivity contribution is 6.33. The smallest absolute Gasteiger partial charge is 0.0471 e. The molecule has 1 aromatic carbocycles. The maximum absolute atomic E-state index is 8.63. The molecule has 0 aliphatic carbocycles. The Morgan fingerprint density at radius 1 is 1.27 bits per heavy atom. The Kier molecular flexibility index (Phi) is 3.18. The van der Waals surface area contributed by atoms with Crippen LogP contribution in [0.15, 0.2) is 18.2 Å². The molecule has 0 radical (unpaired) electrons.